The summed E-state index contributed by atoms with van der Waals surface area (Å²) in [5.41, 5.74) is 0.445. The van der Waals surface area contributed by atoms with E-state index in [2.05, 4.69) is 24.5 Å². The van der Waals surface area contributed by atoms with Crippen molar-refractivity contribution in [3.8, 4) is 0 Å². The first-order valence-electron chi connectivity index (χ1n) is 7.05. The molecule has 0 aromatic heterocycles. The molecule has 17 heavy (non-hydrogen) atoms. The van der Waals surface area contributed by atoms with E-state index in [1.165, 1.54) is 38.5 Å². The van der Waals surface area contributed by atoms with Gasteiger partial charge in [-0.15, -0.1) is 0 Å². The van der Waals surface area contributed by atoms with Crippen molar-refractivity contribution in [1.29, 1.82) is 0 Å². The van der Waals surface area contributed by atoms with Crippen LogP contribution in [0.5, 0.6) is 0 Å². The van der Waals surface area contributed by atoms with Crippen LogP contribution in [0.1, 0.15) is 52.4 Å². The van der Waals surface area contributed by atoms with E-state index in [4.69, 9.17) is 0 Å². The number of nitrogens with one attached hydrogen (secondary N) is 2. The van der Waals surface area contributed by atoms with Gasteiger partial charge in [0.15, 0.2) is 0 Å². The zero-order valence-electron chi connectivity index (χ0n) is 11.2. The first kappa shape index (κ1) is 12.9. The van der Waals surface area contributed by atoms with Crippen LogP contribution in [0.15, 0.2) is 0 Å². The van der Waals surface area contributed by atoms with Crippen LogP contribution in [0, 0.1) is 11.3 Å². The van der Waals surface area contributed by atoms with E-state index in [0.717, 1.165) is 12.5 Å². The molecule has 98 valence electrons. The Morgan fingerprint density at radius 1 is 1.29 bits per heavy atom. The Morgan fingerprint density at radius 2 is 2.06 bits per heavy atom. The van der Waals surface area contributed by atoms with Gasteiger partial charge in [-0.1, -0.05) is 20.3 Å². The summed E-state index contributed by atoms with van der Waals surface area (Å²) in [6, 6.07) is 0.533. The normalized spacial score (nSPS) is 27.8. The molecule has 3 nitrogen and oxygen atoms in total. The fourth-order valence-corrected chi connectivity index (χ4v) is 2.75. The van der Waals surface area contributed by atoms with Crippen molar-refractivity contribution in [3.63, 3.8) is 0 Å². The Balaban J connectivity index is 1.61. The topological polar surface area (TPSA) is 41.1 Å². The van der Waals surface area contributed by atoms with E-state index in [1.807, 2.05) is 0 Å². The summed E-state index contributed by atoms with van der Waals surface area (Å²) in [7, 11) is 0. The summed E-state index contributed by atoms with van der Waals surface area (Å²) in [4.78, 5) is 11.6. The average molecular weight is 238 g/mol. The summed E-state index contributed by atoms with van der Waals surface area (Å²) in [6.45, 7) is 6.03. The zero-order valence-corrected chi connectivity index (χ0v) is 11.2. The number of carbonyl (C=O) groups is 1. The van der Waals surface area contributed by atoms with Gasteiger partial charge in [-0.3, -0.25) is 4.79 Å². The van der Waals surface area contributed by atoms with Crippen molar-refractivity contribution >= 4 is 5.91 Å². The highest BCUT2D eigenvalue weighted by Gasteiger charge is 2.28. The van der Waals surface area contributed by atoms with Crippen molar-refractivity contribution in [2.75, 3.05) is 13.1 Å². The van der Waals surface area contributed by atoms with Crippen LogP contribution in [0.25, 0.3) is 0 Å². The molecular formula is C14H26N2O. The van der Waals surface area contributed by atoms with Crippen LogP contribution < -0.4 is 10.6 Å². The van der Waals surface area contributed by atoms with E-state index in [0.29, 0.717) is 18.0 Å². The number of carbonyl (C=O) groups excluding carboxylic acids is 1. The molecule has 1 amide bonds. The maximum Gasteiger partial charge on any atom is 0.233 e. The molecule has 3 heteroatoms. The molecule has 2 N–H and O–H groups in total. The van der Waals surface area contributed by atoms with Crippen LogP contribution in [0.2, 0.25) is 0 Å². The Bertz CT molecular complexity index is 271. The monoisotopic (exact) mass is 238 g/mol. The third kappa shape index (κ3) is 4.66. The Hall–Kier alpha value is -0.570. The maximum absolute atomic E-state index is 11.6. The van der Waals surface area contributed by atoms with Crippen molar-refractivity contribution < 1.29 is 4.79 Å². The molecule has 1 unspecified atom stereocenters. The van der Waals surface area contributed by atoms with Gasteiger partial charge in [-0.25, -0.2) is 0 Å². The molecular weight excluding hydrogens is 212 g/mol. The van der Waals surface area contributed by atoms with E-state index in [-0.39, 0.29) is 5.91 Å². The minimum Gasteiger partial charge on any atom is -0.355 e. The van der Waals surface area contributed by atoms with Crippen LogP contribution >= 0.6 is 0 Å². The first-order valence-corrected chi connectivity index (χ1v) is 7.05. The molecule has 0 radical (unpaired) electrons. The molecule has 1 atom stereocenters. The quantitative estimate of drug-likeness (QED) is 0.770. The number of hydrogen-bond donors (Lipinski definition) is 2. The second kappa shape index (κ2) is 5.38. The largest absolute Gasteiger partial charge is 0.355 e. The Kier molecular flexibility index (Phi) is 4.08. The minimum absolute atomic E-state index is 0.167. The molecule has 2 aliphatic rings. The molecule has 0 aromatic carbocycles. The van der Waals surface area contributed by atoms with Gasteiger partial charge in [0.1, 0.15) is 0 Å². The first-order chi connectivity index (χ1) is 8.05. The second-order valence-electron chi connectivity index (χ2n) is 6.59. The lowest BCUT2D eigenvalue weighted by Crippen LogP contribution is -2.43. The fourth-order valence-electron chi connectivity index (χ4n) is 2.75. The van der Waals surface area contributed by atoms with Gasteiger partial charge in [-0.2, -0.15) is 0 Å². The minimum atomic E-state index is 0.167. The fraction of sp³-hybridized carbons (Fsp3) is 0.929. The zero-order chi connectivity index (χ0) is 12.3. The van der Waals surface area contributed by atoms with E-state index >= 15 is 0 Å². The third-order valence-corrected chi connectivity index (χ3v) is 4.04. The van der Waals surface area contributed by atoms with Gasteiger partial charge in [0.05, 0.1) is 6.54 Å². The lowest BCUT2D eigenvalue weighted by molar-refractivity contribution is -0.120. The lowest BCUT2D eigenvalue weighted by atomic mass is 9.75. The van der Waals surface area contributed by atoms with Gasteiger partial charge in [0, 0.05) is 12.6 Å². The van der Waals surface area contributed by atoms with Crippen molar-refractivity contribution in [2.45, 2.75) is 58.4 Å². The Labute approximate surface area is 105 Å². The van der Waals surface area contributed by atoms with Crippen LogP contribution in [-0.2, 0) is 4.79 Å². The second-order valence-corrected chi connectivity index (χ2v) is 6.59. The summed E-state index contributed by atoms with van der Waals surface area (Å²) in [5.74, 6) is 0.938. The number of rotatable bonds is 5. The van der Waals surface area contributed by atoms with E-state index in [9.17, 15) is 4.79 Å². The van der Waals surface area contributed by atoms with Crippen LogP contribution in [-0.4, -0.2) is 25.0 Å². The number of hydrogen-bond acceptors (Lipinski definition) is 2. The highest BCUT2D eigenvalue weighted by atomic mass is 16.1. The average Bonchev–Trinajstić information content (AvgIpc) is 3.06. The number of amides is 1. The highest BCUT2D eigenvalue weighted by molar-refractivity contribution is 5.78. The van der Waals surface area contributed by atoms with Crippen LogP contribution in [0.3, 0.4) is 0 Å². The molecule has 2 aliphatic carbocycles. The molecule has 2 rings (SSSR count). The van der Waals surface area contributed by atoms with Gasteiger partial charge >= 0.3 is 0 Å². The highest BCUT2D eigenvalue weighted by Crippen LogP contribution is 2.34. The predicted octanol–water partition coefficient (Wildman–Crippen LogP) is 2.07. The standard InChI is InChI=1S/C14H26N2O/c1-14(2)7-3-4-12(8-14)15-10-13(17)16-9-11-5-6-11/h11-12,15H,3-10H2,1-2H3,(H,16,17). The molecule has 0 spiro atoms. The summed E-state index contributed by atoms with van der Waals surface area (Å²) in [6.07, 6.45) is 7.62. The lowest BCUT2D eigenvalue weighted by Gasteiger charge is -2.35. The van der Waals surface area contributed by atoms with E-state index < -0.39 is 0 Å². The predicted molar refractivity (Wildman–Crippen MR) is 69.8 cm³/mol. The molecule has 0 aliphatic heterocycles. The van der Waals surface area contributed by atoms with E-state index in [1.54, 1.807) is 0 Å². The van der Waals surface area contributed by atoms with Crippen molar-refractivity contribution in [3.05, 3.63) is 0 Å². The smallest absolute Gasteiger partial charge is 0.233 e. The molecule has 2 fully saturated rings. The third-order valence-electron chi connectivity index (χ3n) is 4.04. The Morgan fingerprint density at radius 3 is 2.71 bits per heavy atom. The summed E-state index contributed by atoms with van der Waals surface area (Å²) >= 11 is 0. The van der Waals surface area contributed by atoms with Gasteiger partial charge in [0.25, 0.3) is 0 Å². The van der Waals surface area contributed by atoms with Crippen molar-refractivity contribution in [1.82, 2.24) is 10.6 Å². The van der Waals surface area contributed by atoms with Gasteiger partial charge in [-0.05, 0) is 43.4 Å². The summed E-state index contributed by atoms with van der Waals surface area (Å²) in [5, 5.41) is 6.41. The maximum atomic E-state index is 11.6. The SMILES string of the molecule is CC1(C)CCCC(NCC(=O)NCC2CC2)C1. The van der Waals surface area contributed by atoms with Gasteiger partial charge in [0.2, 0.25) is 5.91 Å². The van der Waals surface area contributed by atoms with Crippen LogP contribution in [0.4, 0.5) is 0 Å². The molecule has 0 aromatic rings. The molecule has 0 heterocycles. The molecule has 0 saturated heterocycles. The molecule has 2 saturated carbocycles. The summed E-state index contributed by atoms with van der Waals surface area (Å²) < 4.78 is 0. The van der Waals surface area contributed by atoms with Crippen molar-refractivity contribution in [2.24, 2.45) is 11.3 Å². The van der Waals surface area contributed by atoms with Gasteiger partial charge < -0.3 is 10.6 Å². The molecule has 0 bridgehead atoms.